The third kappa shape index (κ3) is 1.97. The summed E-state index contributed by atoms with van der Waals surface area (Å²) in [5, 5.41) is 5.35. The van der Waals surface area contributed by atoms with Gasteiger partial charge in [0, 0.05) is 4.88 Å². The van der Waals surface area contributed by atoms with Gasteiger partial charge in [0.25, 0.3) is 5.91 Å². The molecule has 0 spiro atoms. The van der Waals surface area contributed by atoms with Gasteiger partial charge in [0.1, 0.15) is 11.2 Å². The molecule has 126 valence electrons. The molecule has 2 aliphatic rings. The summed E-state index contributed by atoms with van der Waals surface area (Å²) < 4.78 is 67.8. The van der Waals surface area contributed by atoms with Gasteiger partial charge >= 0.3 is 0 Å². The summed E-state index contributed by atoms with van der Waals surface area (Å²) in [5.74, 6) is -10.8. The fraction of sp³-hybridized carbons (Fsp3) is 0.267. The summed E-state index contributed by atoms with van der Waals surface area (Å²) >= 11 is 1.27. The SMILES string of the molecule is O=C1N[C@@H](c2c(F)c(F)c(F)c(F)c2F)Nc2sc3c(c21)CCC3. The monoisotopic (exact) mass is 360 g/mol. The van der Waals surface area contributed by atoms with E-state index in [0.29, 0.717) is 10.6 Å². The number of hydrogen-bond donors (Lipinski definition) is 2. The molecular formula is C15H9F5N2OS. The van der Waals surface area contributed by atoms with Crippen molar-refractivity contribution in [2.75, 3.05) is 5.32 Å². The molecule has 1 amide bonds. The Morgan fingerprint density at radius 3 is 2.17 bits per heavy atom. The number of anilines is 1. The van der Waals surface area contributed by atoms with Gasteiger partial charge in [-0.3, -0.25) is 4.79 Å². The third-order valence-electron chi connectivity index (χ3n) is 4.23. The molecule has 1 aliphatic carbocycles. The highest BCUT2D eigenvalue weighted by Crippen LogP contribution is 2.43. The molecule has 2 aromatic rings. The Labute approximate surface area is 136 Å². The zero-order chi connectivity index (χ0) is 17.2. The molecule has 2 heterocycles. The van der Waals surface area contributed by atoms with E-state index in [4.69, 9.17) is 0 Å². The van der Waals surface area contributed by atoms with Crippen LogP contribution >= 0.6 is 11.3 Å². The zero-order valence-electron chi connectivity index (χ0n) is 11.9. The zero-order valence-corrected chi connectivity index (χ0v) is 12.7. The largest absolute Gasteiger partial charge is 0.352 e. The van der Waals surface area contributed by atoms with Crippen molar-refractivity contribution in [1.82, 2.24) is 5.32 Å². The van der Waals surface area contributed by atoms with Gasteiger partial charge in [0.2, 0.25) is 5.82 Å². The lowest BCUT2D eigenvalue weighted by Gasteiger charge is -2.27. The average Bonchev–Trinajstić information content (AvgIpc) is 3.11. The average molecular weight is 360 g/mol. The van der Waals surface area contributed by atoms with Gasteiger partial charge in [0.05, 0.1) is 11.1 Å². The van der Waals surface area contributed by atoms with Crippen LogP contribution in [-0.4, -0.2) is 5.91 Å². The molecule has 1 atom stereocenters. The van der Waals surface area contributed by atoms with Gasteiger partial charge in [-0.15, -0.1) is 11.3 Å². The van der Waals surface area contributed by atoms with E-state index < -0.39 is 46.7 Å². The summed E-state index contributed by atoms with van der Waals surface area (Å²) in [6.07, 6.45) is 0.912. The Morgan fingerprint density at radius 1 is 0.875 bits per heavy atom. The van der Waals surface area contributed by atoms with E-state index in [1.807, 2.05) is 0 Å². The maximum absolute atomic E-state index is 13.9. The number of rotatable bonds is 1. The highest BCUT2D eigenvalue weighted by molar-refractivity contribution is 7.16. The standard InChI is InChI=1S/C15H9F5N2OS/c16-8-7(9(17)11(19)12(20)10(8)18)13-21-14(23)6-4-2-1-3-5(4)24-15(6)22-13/h13,22H,1-3H2,(H,21,23)/t13-/m1/s1. The molecule has 0 saturated heterocycles. The first kappa shape index (κ1) is 15.4. The Morgan fingerprint density at radius 2 is 1.50 bits per heavy atom. The highest BCUT2D eigenvalue weighted by Gasteiger charge is 2.37. The number of nitrogens with one attached hydrogen (secondary N) is 2. The molecule has 0 saturated carbocycles. The molecule has 2 N–H and O–H groups in total. The summed E-state index contributed by atoms with van der Waals surface area (Å²) in [6, 6.07) is 0. The van der Waals surface area contributed by atoms with Crippen molar-refractivity contribution in [3.63, 3.8) is 0 Å². The van der Waals surface area contributed by atoms with E-state index in [1.165, 1.54) is 11.3 Å². The van der Waals surface area contributed by atoms with Crippen LogP contribution in [-0.2, 0) is 12.8 Å². The van der Waals surface area contributed by atoms with Crippen LogP contribution in [0.5, 0.6) is 0 Å². The third-order valence-corrected chi connectivity index (χ3v) is 5.45. The molecule has 24 heavy (non-hydrogen) atoms. The normalized spacial score (nSPS) is 18.9. The molecule has 1 aliphatic heterocycles. The van der Waals surface area contributed by atoms with Crippen molar-refractivity contribution in [2.24, 2.45) is 0 Å². The lowest BCUT2D eigenvalue weighted by atomic mass is 10.0. The van der Waals surface area contributed by atoms with Gasteiger partial charge in [-0.25, -0.2) is 22.0 Å². The highest BCUT2D eigenvalue weighted by atomic mass is 32.1. The van der Waals surface area contributed by atoms with Crippen molar-refractivity contribution >= 4 is 22.2 Å². The molecule has 1 aromatic carbocycles. The van der Waals surface area contributed by atoms with Crippen LogP contribution in [0.15, 0.2) is 0 Å². The molecule has 3 nitrogen and oxygen atoms in total. The van der Waals surface area contributed by atoms with E-state index >= 15 is 0 Å². The lowest BCUT2D eigenvalue weighted by Crippen LogP contribution is -2.39. The van der Waals surface area contributed by atoms with Crippen LogP contribution in [0.4, 0.5) is 27.0 Å². The van der Waals surface area contributed by atoms with Crippen molar-refractivity contribution in [3.8, 4) is 0 Å². The summed E-state index contributed by atoms with van der Waals surface area (Å²) in [7, 11) is 0. The second kappa shape index (κ2) is 5.17. The molecule has 4 rings (SSSR count). The minimum atomic E-state index is -2.23. The molecular weight excluding hydrogens is 351 g/mol. The fourth-order valence-electron chi connectivity index (χ4n) is 3.14. The molecule has 0 radical (unpaired) electrons. The van der Waals surface area contributed by atoms with Crippen LogP contribution in [0.3, 0.4) is 0 Å². The minimum absolute atomic E-state index is 0.386. The first-order valence-electron chi connectivity index (χ1n) is 7.13. The van der Waals surface area contributed by atoms with Crippen LogP contribution in [0.25, 0.3) is 0 Å². The van der Waals surface area contributed by atoms with Gasteiger partial charge in [0.15, 0.2) is 23.3 Å². The first-order valence-corrected chi connectivity index (χ1v) is 7.95. The van der Waals surface area contributed by atoms with Crippen molar-refractivity contribution in [1.29, 1.82) is 0 Å². The van der Waals surface area contributed by atoms with Crippen LogP contribution < -0.4 is 10.6 Å². The van der Waals surface area contributed by atoms with Crippen molar-refractivity contribution in [2.45, 2.75) is 25.4 Å². The maximum Gasteiger partial charge on any atom is 0.256 e. The van der Waals surface area contributed by atoms with Crippen molar-refractivity contribution in [3.05, 3.63) is 50.7 Å². The topological polar surface area (TPSA) is 41.1 Å². The fourth-order valence-corrected chi connectivity index (χ4v) is 4.45. The number of thiophene rings is 1. The van der Waals surface area contributed by atoms with Gasteiger partial charge in [-0.2, -0.15) is 0 Å². The van der Waals surface area contributed by atoms with Gasteiger partial charge in [-0.05, 0) is 24.8 Å². The van der Waals surface area contributed by atoms with E-state index in [-0.39, 0.29) is 0 Å². The summed E-state index contributed by atoms with van der Waals surface area (Å²) in [6.45, 7) is 0. The Hall–Kier alpha value is -2.16. The quantitative estimate of drug-likeness (QED) is 0.462. The number of aryl methyl sites for hydroxylation is 1. The summed E-state index contributed by atoms with van der Waals surface area (Å²) in [4.78, 5) is 13.3. The van der Waals surface area contributed by atoms with E-state index in [2.05, 4.69) is 10.6 Å². The molecule has 0 fully saturated rings. The number of amides is 1. The predicted molar refractivity (Wildman–Crippen MR) is 76.4 cm³/mol. The van der Waals surface area contributed by atoms with Gasteiger partial charge < -0.3 is 10.6 Å². The number of benzene rings is 1. The number of carbonyl (C=O) groups excluding carboxylic acids is 1. The van der Waals surface area contributed by atoms with Crippen molar-refractivity contribution < 1.29 is 26.7 Å². The van der Waals surface area contributed by atoms with Gasteiger partial charge in [-0.1, -0.05) is 0 Å². The second-order valence-corrected chi connectivity index (χ2v) is 6.70. The van der Waals surface area contributed by atoms with Crippen LogP contribution in [0.1, 0.15) is 38.9 Å². The van der Waals surface area contributed by atoms with E-state index in [0.717, 1.165) is 29.7 Å². The number of carbonyl (C=O) groups is 1. The van der Waals surface area contributed by atoms with Crippen LogP contribution in [0.2, 0.25) is 0 Å². The smallest absolute Gasteiger partial charge is 0.256 e. The number of fused-ring (bicyclic) bond motifs is 3. The van der Waals surface area contributed by atoms with Crippen LogP contribution in [0, 0.1) is 29.1 Å². The minimum Gasteiger partial charge on any atom is -0.352 e. The molecule has 0 unspecified atom stereocenters. The first-order chi connectivity index (χ1) is 11.4. The summed E-state index contributed by atoms with van der Waals surface area (Å²) in [5.41, 5.74) is 0.183. The number of halogens is 5. The Balaban J connectivity index is 1.81. The molecule has 9 heteroatoms. The van der Waals surface area contributed by atoms with E-state index in [9.17, 15) is 26.7 Å². The number of hydrogen-bond acceptors (Lipinski definition) is 3. The maximum atomic E-state index is 13.9. The molecule has 0 bridgehead atoms. The predicted octanol–water partition coefficient (Wildman–Crippen LogP) is 3.79. The second-order valence-electron chi connectivity index (χ2n) is 5.60. The Kier molecular flexibility index (Phi) is 3.31. The van der Waals surface area contributed by atoms with E-state index in [1.54, 1.807) is 0 Å². The Bertz CT molecular complexity index is 866. The lowest BCUT2D eigenvalue weighted by molar-refractivity contribution is 0.0934. The molecule has 1 aromatic heterocycles.